The molecule has 148 valence electrons. The van der Waals surface area contributed by atoms with Crippen LogP contribution in [0.25, 0.3) is 10.9 Å². The smallest absolute Gasteiger partial charge is 0.387 e. The van der Waals surface area contributed by atoms with Gasteiger partial charge in [-0.2, -0.15) is 8.78 Å². The van der Waals surface area contributed by atoms with Crippen molar-refractivity contribution in [3.8, 4) is 11.5 Å². The second-order valence-corrected chi connectivity index (χ2v) is 6.85. The van der Waals surface area contributed by atoms with Crippen LogP contribution in [0.4, 0.5) is 8.78 Å². The van der Waals surface area contributed by atoms with Crippen LogP contribution in [0.2, 0.25) is 0 Å². The van der Waals surface area contributed by atoms with Crippen LogP contribution < -0.4 is 9.47 Å². The highest BCUT2D eigenvalue weighted by molar-refractivity contribution is 5.89. The second-order valence-electron chi connectivity index (χ2n) is 6.85. The van der Waals surface area contributed by atoms with Crippen molar-refractivity contribution in [2.75, 3.05) is 20.5 Å². The van der Waals surface area contributed by atoms with Crippen molar-refractivity contribution in [1.29, 1.82) is 0 Å². The van der Waals surface area contributed by atoms with Gasteiger partial charge in [-0.05, 0) is 61.3 Å². The van der Waals surface area contributed by atoms with Crippen molar-refractivity contribution in [2.45, 2.75) is 32.0 Å². The molecule has 0 amide bonds. The number of nitrogens with zero attached hydrogens (tertiary/aromatic N) is 1. The monoisotopic (exact) mass is 392 g/mol. The number of halogens is 2. The van der Waals surface area contributed by atoms with E-state index in [0.717, 1.165) is 27.6 Å². The number of fused-ring (bicyclic) bond motifs is 2. The van der Waals surface area contributed by atoms with E-state index in [-0.39, 0.29) is 24.8 Å². The van der Waals surface area contributed by atoms with Gasteiger partial charge < -0.3 is 19.4 Å². The molecule has 2 aromatic carbocycles. The molecule has 3 aromatic rings. The van der Waals surface area contributed by atoms with Crippen molar-refractivity contribution < 1.29 is 26.5 Å². The van der Waals surface area contributed by atoms with Gasteiger partial charge in [-0.1, -0.05) is 12.1 Å². The molecule has 6 heteroatoms. The van der Waals surface area contributed by atoms with Crippen molar-refractivity contribution in [3.63, 3.8) is 0 Å². The summed E-state index contributed by atoms with van der Waals surface area (Å²) in [5.41, 5.74) is 3.41. The highest BCUT2D eigenvalue weighted by Crippen LogP contribution is 2.34. The molecule has 4 rings (SSSR count). The maximum Gasteiger partial charge on any atom is 0.387 e. The van der Waals surface area contributed by atoms with Crippen LogP contribution >= 0.6 is 0 Å². The zero-order valence-electron chi connectivity index (χ0n) is 21.0. The van der Waals surface area contributed by atoms with Gasteiger partial charge in [0.15, 0.2) is 0 Å². The molecule has 0 spiro atoms. The van der Waals surface area contributed by atoms with E-state index >= 15 is 0 Å². The molecular formula is C22H24F2N2O2. The summed E-state index contributed by atoms with van der Waals surface area (Å²) in [4.78, 5) is 3.67. The minimum Gasteiger partial charge on any atom is -0.489 e. The lowest BCUT2D eigenvalue weighted by atomic mass is 10.1. The van der Waals surface area contributed by atoms with Crippen molar-refractivity contribution in [1.82, 2.24) is 9.88 Å². The van der Waals surface area contributed by atoms with E-state index in [0.29, 0.717) is 23.5 Å². The van der Waals surface area contributed by atoms with E-state index in [2.05, 4.69) is 9.72 Å². The Kier molecular flexibility index (Phi) is 3.56. The van der Waals surface area contributed by atoms with Gasteiger partial charge in [-0.15, -0.1) is 0 Å². The number of hydrogen-bond acceptors (Lipinski definition) is 3. The summed E-state index contributed by atoms with van der Waals surface area (Å²) in [7, 11) is 0. The zero-order chi connectivity index (χ0) is 24.7. The van der Waals surface area contributed by atoms with E-state index in [4.69, 9.17) is 13.0 Å². The largest absolute Gasteiger partial charge is 0.489 e. The predicted octanol–water partition coefficient (Wildman–Crippen LogP) is 4.42. The molecule has 0 aliphatic heterocycles. The summed E-state index contributed by atoms with van der Waals surface area (Å²) in [6.07, 6.45) is 2.83. The lowest BCUT2D eigenvalue weighted by molar-refractivity contribution is -0.0498. The number of aromatic nitrogens is 1. The second kappa shape index (κ2) is 7.80. The number of likely N-dealkylation sites (N-methyl/N-ethyl adjacent to an activating group) is 1. The number of aromatic amines is 1. The molecule has 0 fully saturated rings. The van der Waals surface area contributed by atoms with E-state index in [1.54, 1.807) is 24.4 Å². The average Bonchev–Trinajstić information content (AvgIpc) is 3.29. The third-order valence-corrected chi connectivity index (χ3v) is 4.95. The van der Waals surface area contributed by atoms with Crippen molar-refractivity contribution >= 4 is 10.9 Å². The first kappa shape index (κ1) is 12.8. The molecule has 0 saturated carbocycles. The third-order valence-electron chi connectivity index (χ3n) is 4.95. The van der Waals surface area contributed by atoms with Crippen molar-refractivity contribution in [2.24, 2.45) is 0 Å². The Morgan fingerprint density at radius 3 is 2.89 bits per heavy atom. The molecule has 1 aliphatic rings. The summed E-state index contributed by atoms with van der Waals surface area (Å²) in [5.74, 6) is 0.697. The number of ether oxygens (including phenoxy) is 2. The summed E-state index contributed by atoms with van der Waals surface area (Å²) < 4.78 is 81.2. The Balaban J connectivity index is 1.52. The Labute approximate surface area is 171 Å². The molecule has 28 heavy (non-hydrogen) atoms. The van der Waals surface area contributed by atoms with Gasteiger partial charge in [0.1, 0.15) is 17.6 Å². The van der Waals surface area contributed by atoms with E-state index < -0.39 is 20.6 Å². The van der Waals surface area contributed by atoms with E-state index in [1.165, 1.54) is 6.07 Å². The predicted molar refractivity (Wildman–Crippen MR) is 105 cm³/mol. The van der Waals surface area contributed by atoms with Crippen LogP contribution in [0.5, 0.6) is 11.5 Å². The maximum atomic E-state index is 12.5. The van der Waals surface area contributed by atoms with Gasteiger partial charge in [0, 0.05) is 44.7 Å². The average molecular weight is 392 g/mol. The fraction of sp³-hybridized carbons (Fsp3) is 0.364. The normalized spacial score (nSPS) is 20.2. The molecule has 0 saturated heterocycles. The number of rotatable bonds is 7. The van der Waals surface area contributed by atoms with Crippen LogP contribution in [0.3, 0.4) is 0 Å². The van der Waals surface area contributed by atoms with Crippen LogP contribution in [-0.4, -0.2) is 43.1 Å². The minimum absolute atomic E-state index is 0.109. The Bertz CT molecular complexity index is 1150. The fourth-order valence-corrected chi connectivity index (χ4v) is 3.74. The topological polar surface area (TPSA) is 37.5 Å². The first-order valence-electron chi connectivity index (χ1n) is 12.0. The minimum atomic E-state index is -2.89. The zero-order valence-corrected chi connectivity index (χ0v) is 15.0. The van der Waals surface area contributed by atoms with Crippen LogP contribution in [-0.2, 0) is 19.3 Å². The lowest BCUT2D eigenvalue weighted by Gasteiger charge is -2.15. The summed E-state index contributed by atoms with van der Waals surface area (Å²) >= 11 is 0. The van der Waals surface area contributed by atoms with Gasteiger partial charge >= 0.3 is 6.61 Å². The van der Waals surface area contributed by atoms with Crippen LogP contribution in [0.1, 0.15) is 24.9 Å². The summed E-state index contributed by atoms with van der Waals surface area (Å²) in [5, 5.41) is 0.760. The summed E-state index contributed by atoms with van der Waals surface area (Å²) in [6, 6.07) is 10.4. The number of H-pyrrole nitrogens is 1. The quantitative estimate of drug-likeness (QED) is 0.647. The number of alkyl halides is 2. The molecule has 4 nitrogen and oxygen atoms in total. The highest BCUT2D eigenvalue weighted by Gasteiger charge is 2.25. The number of benzene rings is 2. The standard InChI is InChI=1S/C22H24F2N2O2/c1-26(2)9-8-15-13-25-19-4-3-5-20(21(15)19)27-18-10-14-6-7-17(28-22(23)24)11-16(14)12-18/h3-7,11,13,18,22,25H,8-10,12H2,1-2H3/t18-/m0/s1/i1D3,2D3. The molecule has 0 radical (unpaired) electrons. The molecule has 1 N–H and O–H groups in total. The first-order chi connectivity index (χ1) is 15.9. The van der Waals surface area contributed by atoms with Gasteiger partial charge in [0.05, 0.1) is 0 Å². The fourth-order valence-electron chi connectivity index (χ4n) is 3.74. The SMILES string of the molecule is [2H]C([2H])([2H])N(CCc1c[nH]c2cccc(O[C@H]3Cc4ccc(OC(F)F)cc4C3)c12)C([2H])([2H])[2H]. The highest BCUT2D eigenvalue weighted by atomic mass is 19.3. The lowest BCUT2D eigenvalue weighted by Crippen LogP contribution is -2.17. The molecule has 1 heterocycles. The maximum absolute atomic E-state index is 12.5. The molecule has 0 unspecified atom stereocenters. The molecule has 0 bridgehead atoms. The summed E-state index contributed by atoms with van der Waals surface area (Å²) in [6.45, 7) is -8.57. The number of hydrogen-bond donors (Lipinski definition) is 1. The van der Waals surface area contributed by atoms with Crippen LogP contribution in [0, 0.1) is 0 Å². The van der Waals surface area contributed by atoms with Gasteiger partial charge in [0.25, 0.3) is 0 Å². The van der Waals surface area contributed by atoms with E-state index in [1.807, 2.05) is 12.1 Å². The molecule has 1 aliphatic carbocycles. The number of nitrogens with one attached hydrogen (secondary N) is 1. The van der Waals surface area contributed by atoms with Crippen LogP contribution in [0.15, 0.2) is 42.6 Å². The first-order valence-corrected chi connectivity index (χ1v) is 9.02. The third kappa shape index (κ3) is 3.97. The van der Waals surface area contributed by atoms with Crippen molar-refractivity contribution in [3.05, 3.63) is 59.3 Å². The Hall–Kier alpha value is -2.60. The van der Waals surface area contributed by atoms with Gasteiger partial charge in [0.2, 0.25) is 0 Å². The molecular weight excluding hydrogens is 362 g/mol. The van der Waals surface area contributed by atoms with Gasteiger partial charge in [-0.25, -0.2) is 0 Å². The Morgan fingerprint density at radius 2 is 2.07 bits per heavy atom. The molecule has 1 aromatic heterocycles. The van der Waals surface area contributed by atoms with Gasteiger partial charge in [-0.3, -0.25) is 0 Å². The van der Waals surface area contributed by atoms with E-state index in [9.17, 15) is 8.78 Å². The Morgan fingerprint density at radius 1 is 1.21 bits per heavy atom. The molecule has 1 atom stereocenters.